The summed E-state index contributed by atoms with van der Waals surface area (Å²) in [4.78, 5) is 0. The van der Waals surface area contributed by atoms with Gasteiger partial charge in [-0.15, -0.1) is 0 Å². The van der Waals surface area contributed by atoms with E-state index in [2.05, 4.69) is 0 Å². The molecule has 0 atom stereocenters. The first-order valence-electron chi connectivity index (χ1n) is 6.96. The summed E-state index contributed by atoms with van der Waals surface area (Å²) in [7, 11) is -0.817. The second-order valence-electron chi connectivity index (χ2n) is 4.83. The quantitative estimate of drug-likeness (QED) is 0.576. The molecule has 0 saturated heterocycles. The first-order valence-corrected chi connectivity index (χ1v) is 8.86. The lowest BCUT2D eigenvalue weighted by Crippen LogP contribution is -2.18. The molecule has 0 fully saturated rings. The molecule has 2 aromatic rings. The Balaban J connectivity index is 2.27. The van der Waals surface area contributed by atoms with Gasteiger partial charge in [0, 0.05) is 30.5 Å². The van der Waals surface area contributed by atoms with Gasteiger partial charge in [-0.05, 0) is 12.8 Å². The molecular weight excluding hydrogens is 267 g/mol. The van der Waals surface area contributed by atoms with Crippen molar-refractivity contribution in [3.8, 4) is 0 Å². The largest absolute Gasteiger partial charge is 0.385 e. The lowest BCUT2D eigenvalue weighted by Gasteiger charge is -2.19. The second kappa shape index (κ2) is 7.42. The molecule has 0 N–H and O–H groups in total. The summed E-state index contributed by atoms with van der Waals surface area (Å²) in [6, 6.07) is 19.7. The van der Waals surface area contributed by atoms with Crippen molar-refractivity contribution < 1.29 is 9.30 Å². The Morgan fingerprint density at radius 1 is 0.850 bits per heavy atom. The minimum Gasteiger partial charge on any atom is -0.385 e. The van der Waals surface area contributed by atoms with Gasteiger partial charge in [-0.25, -0.2) is 0 Å². The average molecular weight is 288 g/mol. The van der Waals surface area contributed by atoms with E-state index in [1.54, 1.807) is 7.11 Å². The van der Waals surface area contributed by atoms with Gasteiger partial charge in [-0.2, -0.15) is 0 Å². The molecule has 0 spiro atoms. The van der Waals surface area contributed by atoms with Crippen LogP contribution in [0.15, 0.2) is 60.7 Å². The zero-order valence-corrected chi connectivity index (χ0v) is 12.8. The SMILES string of the molecule is COCCCCP(=O)(c1ccccc1)c1ccccc1. The summed E-state index contributed by atoms with van der Waals surface area (Å²) < 4.78 is 18.6. The van der Waals surface area contributed by atoms with Gasteiger partial charge < -0.3 is 9.30 Å². The molecule has 20 heavy (non-hydrogen) atoms. The van der Waals surface area contributed by atoms with Crippen LogP contribution in [0.3, 0.4) is 0 Å². The molecular formula is C17H21O2P. The maximum absolute atomic E-state index is 13.5. The first kappa shape index (κ1) is 15.0. The molecule has 0 aliphatic heterocycles. The Morgan fingerprint density at radius 3 is 1.80 bits per heavy atom. The van der Waals surface area contributed by atoms with Crippen LogP contribution in [-0.4, -0.2) is 19.9 Å². The summed E-state index contributed by atoms with van der Waals surface area (Å²) in [6.45, 7) is 0.726. The highest BCUT2D eigenvalue weighted by Crippen LogP contribution is 2.44. The number of rotatable bonds is 7. The maximum atomic E-state index is 13.5. The highest BCUT2D eigenvalue weighted by molar-refractivity contribution is 7.78. The average Bonchev–Trinajstić information content (AvgIpc) is 2.53. The van der Waals surface area contributed by atoms with Crippen LogP contribution in [0.4, 0.5) is 0 Å². The van der Waals surface area contributed by atoms with E-state index in [9.17, 15) is 4.57 Å². The van der Waals surface area contributed by atoms with E-state index in [-0.39, 0.29) is 0 Å². The van der Waals surface area contributed by atoms with Crippen molar-refractivity contribution in [2.45, 2.75) is 12.8 Å². The van der Waals surface area contributed by atoms with Gasteiger partial charge in [0.2, 0.25) is 0 Å². The summed E-state index contributed by atoms with van der Waals surface area (Å²) in [5.41, 5.74) is 0. The Kier molecular flexibility index (Phi) is 5.58. The van der Waals surface area contributed by atoms with Gasteiger partial charge in [0.25, 0.3) is 0 Å². The number of methoxy groups -OCH3 is 1. The van der Waals surface area contributed by atoms with Crippen LogP contribution < -0.4 is 10.6 Å². The molecule has 0 bridgehead atoms. The van der Waals surface area contributed by atoms with Crippen molar-refractivity contribution in [2.24, 2.45) is 0 Å². The van der Waals surface area contributed by atoms with E-state index in [0.717, 1.165) is 30.1 Å². The van der Waals surface area contributed by atoms with Gasteiger partial charge in [0.1, 0.15) is 7.14 Å². The van der Waals surface area contributed by atoms with Gasteiger partial charge >= 0.3 is 0 Å². The molecule has 0 heterocycles. The van der Waals surface area contributed by atoms with E-state index >= 15 is 0 Å². The van der Waals surface area contributed by atoms with Gasteiger partial charge in [0.15, 0.2) is 0 Å². The normalized spacial score (nSPS) is 11.4. The predicted octanol–water partition coefficient (Wildman–Crippen LogP) is 3.43. The molecule has 2 nitrogen and oxygen atoms in total. The zero-order valence-electron chi connectivity index (χ0n) is 11.9. The van der Waals surface area contributed by atoms with Gasteiger partial charge in [-0.3, -0.25) is 0 Å². The fourth-order valence-corrected chi connectivity index (χ4v) is 5.12. The smallest absolute Gasteiger partial charge is 0.143 e. The maximum Gasteiger partial charge on any atom is 0.143 e. The van der Waals surface area contributed by atoms with Crippen molar-refractivity contribution >= 4 is 17.8 Å². The molecule has 0 aliphatic rings. The fraction of sp³-hybridized carbons (Fsp3) is 0.294. The molecule has 0 aliphatic carbocycles. The van der Waals surface area contributed by atoms with Crippen molar-refractivity contribution in [3.63, 3.8) is 0 Å². The molecule has 2 rings (SSSR count). The van der Waals surface area contributed by atoms with E-state index in [4.69, 9.17) is 4.74 Å². The van der Waals surface area contributed by atoms with Crippen LogP contribution in [-0.2, 0) is 9.30 Å². The summed E-state index contributed by atoms with van der Waals surface area (Å²) >= 11 is 0. The standard InChI is InChI=1S/C17H21O2P/c1-19-14-8-9-15-20(18,16-10-4-2-5-11-16)17-12-6-3-7-13-17/h2-7,10-13H,8-9,14-15H2,1H3. The number of hydrogen-bond acceptors (Lipinski definition) is 2. The highest BCUT2D eigenvalue weighted by atomic mass is 31.2. The van der Waals surface area contributed by atoms with Crippen molar-refractivity contribution in [1.29, 1.82) is 0 Å². The predicted molar refractivity (Wildman–Crippen MR) is 85.7 cm³/mol. The molecule has 2 aromatic carbocycles. The zero-order chi connectivity index (χ0) is 14.3. The van der Waals surface area contributed by atoms with E-state index in [1.807, 2.05) is 60.7 Å². The Morgan fingerprint density at radius 2 is 1.35 bits per heavy atom. The van der Waals surface area contributed by atoms with Gasteiger partial charge in [0.05, 0.1) is 0 Å². The van der Waals surface area contributed by atoms with Crippen LogP contribution in [0.1, 0.15) is 12.8 Å². The number of hydrogen-bond donors (Lipinski definition) is 0. The molecule has 0 saturated carbocycles. The molecule has 0 radical (unpaired) electrons. The fourth-order valence-electron chi connectivity index (χ4n) is 2.33. The van der Waals surface area contributed by atoms with Crippen molar-refractivity contribution in [1.82, 2.24) is 0 Å². The minimum absolute atomic E-state index is 0.699. The second-order valence-corrected chi connectivity index (χ2v) is 7.79. The van der Waals surface area contributed by atoms with Crippen molar-refractivity contribution in [2.75, 3.05) is 19.9 Å². The van der Waals surface area contributed by atoms with Crippen LogP contribution in [0.25, 0.3) is 0 Å². The number of benzene rings is 2. The Hall–Kier alpha value is -1.37. The third-order valence-corrected chi connectivity index (χ3v) is 6.63. The summed E-state index contributed by atoms with van der Waals surface area (Å²) in [5, 5.41) is 1.90. The van der Waals surface area contributed by atoms with Crippen LogP contribution in [0, 0.1) is 0 Å². The number of ether oxygens (including phenoxy) is 1. The van der Waals surface area contributed by atoms with Crippen LogP contribution in [0.2, 0.25) is 0 Å². The lowest BCUT2D eigenvalue weighted by molar-refractivity contribution is 0.194. The van der Waals surface area contributed by atoms with E-state index in [1.165, 1.54) is 0 Å². The van der Waals surface area contributed by atoms with Crippen molar-refractivity contribution in [3.05, 3.63) is 60.7 Å². The Bertz CT molecular complexity index is 508. The van der Waals surface area contributed by atoms with Gasteiger partial charge in [-0.1, -0.05) is 60.7 Å². The molecule has 3 heteroatoms. The highest BCUT2D eigenvalue weighted by Gasteiger charge is 2.26. The molecule has 0 unspecified atom stereocenters. The van der Waals surface area contributed by atoms with Crippen LogP contribution in [0.5, 0.6) is 0 Å². The van der Waals surface area contributed by atoms with Crippen LogP contribution >= 0.6 is 7.14 Å². The third-order valence-electron chi connectivity index (χ3n) is 3.42. The molecule has 0 aromatic heterocycles. The monoisotopic (exact) mass is 288 g/mol. The molecule has 106 valence electrons. The Labute approximate surface area is 121 Å². The number of unbranched alkanes of at least 4 members (excludes halogenated alkanes) is 1. The summed E-state index contributed by atoms with van der Waals surface area (Å²) in [6.07, 6.45) is 2.56. The summed E-state index contributed by atoms with van der Waals surface area (Å²) in [5.74, 6) is 0. The topological polar surface area (TPSA) is 26.3 Å². The van der Waals surface area contributed by atoms with E-state index < -0.39 is 7.14 Å². The minimum atomic E-state index is -2.52. The van der Waals surface area contributed by atoms with E-state index in [0.29, 0.717) is 6.16 Å². The third kappa shape index (κ3) is 3.59. The molecule has 0 amide bonds. The first-order chi connectivity index (χ1) is 9.77. The lowest BCUT2D eigenvalue weighted by atomic mass is 10.3.